The fourth-order valence-corrected chi connectivity index (χ4v) is 5.94. The van der Waals surface area contributed by atoms with Gasteiger partial charge < -0.3 is 4.57 Å². The molecule has 0 atom stereocenters. The molecule has 3 aromatic rings. The summed E-state index contributed by atoms with van der Waals surface area (Å²) in [7, 11) is -8.09. The number of hydrogen-bond acceptors (Lipinski definition) is 5. The molecule has 2 aromatic carbocycles. The van der Waals surface area contributed by atoms with Gasteiger partial charge in [-0.25, -0.2) is 21.9 Å². The Morgan fingerprint density at radius 3 is 2.57 bits per heavy atom. The van der Waals surface area contributed by atoms with Crippen molar-refractivity contribution >= 4 is 42.7 Å². The zero-order chi connectivity index (χ0) is 25.5. The van der Waals surface area contributed by atoms with Gasteiger partial charge in [0, 0.05) is 24.0 Å². The molecular weight excluding hydrogens is 502 g/mol. The fraction of sp³-hybridized carbons (Fsp3) is 0.318. The van der Waals surface area contributed by atoms with E-state index in [0.717, 1.165) is 34.3 Å². The highest BCUT2D eigenvalue weighted by atomic mass is 32.2. The predicted octanol–water partition coefficient (Wildman–Crippen LogP) is 2.26. The Balaban J connectivity index is 2.07. The first-order valence-electron chi connectivity index (χ1n) is 10.8. The van der Waals surface area contributed by atoms with Crippen molar-refractivity contribution in [2.75, 3.05) is 23.7 Å². The number of aryl methyl sites for hydroxylation is 1. The number of carbonyl (C=O) groups is 1. The van der Waals surface area contributed by atoms with E-state index in [-0.39, 0.29) is 36.6 Å². The molecule has 1 fully saturated rings. The number of sulfonamides is 1. The summed E-state index contributed by atoms with van der Waals surface area (Å²) < 4.78 is 84.9. The average molecular weight is 527 g/mol. The maximum Gasteiger partial charge on any atom is 0.301 e. The van der Waals surface area contributed by atoms with E-state index in [4.69, 9.17) is 0 Å². The molecule has 2 heterocycles. The van der Waals surface area contributed by atoms with Crippen LogP contribution in [0.4, 0.5) is 14.5 Å². The number of halogens is 2. The minimum absolute atomic E-state index is 0.0274. The van der Waals surface area contributed by atoms with Gasteiger partial charge in [-0.15, -0.1) is 0 Å². The van der Waals surface area contributed by atoms with Crippen molar-refractivity contribution in [1.82, 2.24) is 14.0 Å². The number of anilines is 1. The molecule has 0 saturated carbocycles. The monoisotopic (exact) mass is 526 g/mol. The van der Waals surface area contributed by atoms with Crippen LogP contribution in [0, 0.1) is 11.6 Å². The maximum atomic E-state index is 14.6. The van der Waals surface area contributed by atoms with Gasteiger partial charge in [-0.1, -0.05) is 13.0 Å². The maximum absolute atomic E-state index is 14.6. The number of fused-ring (bicyclic) bond motifs is 1. The Morgan fingerprint density at radius 2 is 1.91 bits per heavy atom. The van der Waals surface area contributed by atoms with Crippen LogP contribution >= 0.6 is 0 Å². The van der Waals surface area contributed by atoms with Crippen LogP contribution in [0.5, 0.6) is 0 Å². The van der Waals surface area contributed by atoms with E-state index in [1.54, 1.807) is 18.2 Å². The van der Waals surface area contributed by atoms with Crippen LogP contribution in [-0.2, 0) is 33.2 Å². The predicted molar refractivity (Wildman–Crippen MR) is 128 cm³/mol. The number of rotatable bonds is 6. The van der Waals surface area contributed by atoms with Gasteiger partial charge in [-0.3, -0.25) is 9.10 Å². The van der Waals surface area contributed by atoms with Gasteiger partial charge in [0.25, 0.3) is 5.91 Å². The van der Waals surface area contributed by atoms with Gasteiger partial charge in [-0.2, -0.15) is 13.1 Å². The Labute approximate surface area is 202 Å². The van der Waals surface area contributed by atoms with Crippen molar-refractivity contribution in [1.29, 1.82) is 0 Å². The molecule has 35 heavy (non-hydrogen) atoms. The normalized spacial score (nSPS) is 15.9. The Bertz CT molecular complexity index is 1530. The third-order valence-corrected chi connectivity index (χ3v) is 7.77. The Kier molecular flexibility index (Phi) is 6.60. The highest BCUT2D eigenvalue weighted by molar-refractivity contribution is 7.91. The van der Waals surface area contributed by atoms with Crippen LogP contribution in [0.1, 0.15) is 35.0 Å². The first-order chi connectivity index (χ1) is 16.4. The van der Waals surface area contributed by atoms with Crippen molar-refractivity contribution in [3.8, 4) is 0 Å². The van der Waals surface area contributed by atoms with Crippen molar-refractivity contribution in [2.24, 2.45) is 0 Å². The third-order valence-electron chi connectivity index (χ3n) is 5.70. The van der Waals surface area contributed by atoms with E-state index in [2.05, 4.69) is 4.72 Å². The first-order valence-corrected chi connectivity index (χ1v) is 14.1. The summed E-state index contributed by atoms with van der Waals surface area (Å²) >= 11 is 0. The van der Waals surface area contributed by atoms with Gasteiger partial charge in [-0.05, 0) is 48.7 Å². The summed E-state index contributed by atoms with van der Waals surface area (Å²) in [4.78, 5) is 13.3. The quantitative estimate of drug-likeness (QED) is 0.511. The highest BCUT2D eigenvalue weighted by Crippen LogP contribution is 2.38. The van der Waals surface area contributed by atoms with Crippen LogP contribution in [0.25, 0.3) is 10.9 Å². The summed E-state index contributed by atoms with van der Waals surface area (Å²) in [5.74, 6) is -2.52. The molecule has 1 aliphatic rings. The zero-order valence-corrected chi connectivity index (χ0v) is 20.6. The van der Waals surface area contributed by atoms with Crippen LogP contribution in [-0.4, -0.2) is 46.7 Å². The van der Waals surface area contributed by atoms with E-state index >= 15 is 0 Å². The van der Waals surface area contributed by atoms with E-state index in [1.807, 2.05) is 11.6 Å². The van der Waals surface area contributed by atoms with Crippen molar-refractivity contribution in [3.05, 3.63) is 64.9 Å². The van der Waals surface area contributed by atoms with E-state index in [0.29, 0.717) is 23.7 Å². The van der Waals surface area contributed by atoms with Crippen molar-refractivity contribution < 1.29 is 30.4 Å². The second kappa shape index (κ2) is 9.21. The number of carbonyl (C=O) groups excluding carboxylic acids is 1. The minimum atomic E-state index is -4.06. The van der Waals surface area contributed by atoms with Gasteiger partial charge in [0.2, 0.25) is 10.0 Å². The molecule has 2 N–H and O–H groups in total. The molecule has 1 amide bonds. The summed E-state index contributed by atoms with van der Waals surface area (Å²) in [6, 6.07) is 8.00. The minimum Gasteiger partial charge on any atom is -0.330 e. The summed E-state index contributed by atoms with van der Waals surface area (Å²) in [5.41, 5.74) is 0.779. The Hall–Kier alpha value is -3.03. The highest BCUT2D eigenvalue weighted by Gasteiger charge is 2.35. The lowest BCUT2D eigenvalue weighted by atomic mass is 10.1. The average Bonchev–Trinajstić information content (AvgIpc) is 3.08. The molecule has 1 aromatic heterocycles. The molecule has 4 rings (SSSR count). The van der Waals surface area contributed by atoms with Crippen molar-refractivity contribution in [2.45, 2.75) is 26.3 Å². The molecule has 0 bridgehead atoms. The molecule has 9 nitrogen and oxygen atoms in total. The molecule has 0 aliphatic carbocycles. The second-order valence-corrected chi connectivity index (χ2v) is 11.7. The number of amides is 1. The molecule has 13 heteroatoms. The van der Waals surface area contributed by atoms with E-state index < -0.39 is 37.8 Å². The number of nitrogens with one attached hydrogen (secondary N) is 2. The van der Waals surface area contributed by atoms with E-state index in [9.17, 15) is 30.4 Å². The lowest BCUT2D eigenvalue weighted by Gasteiger charge is -2.29. The molecule has 1 saturated heterocycles. The molecular formula is C22H24F2N4O5S2. The molecule has 188 valence electrons. The topological polar surface area (TPSA) is 118 Å². The smallest absolute Gasteiger partial charge is 0.301 e. The van der Waals surface area contributed by atoms with Gasteiger partial charge in [0.1, 0.15) is 17.3 Å². The van der Waals surface area contributed by atoms with Crippen LogP contribution < -0.4 is 13.7 Å². The molecule has 1 aliphatic heterocycles. The van der Waals surface area contributed by atoms with Gasteiger partial charge in [0.05, 0.1) is 24.0 Å². The largest absolute Gasteiger partial charge is 0.330 e. The van der Waals surface area contributed by atoms with Gasteiger partial charge in [0.15, 0.2) is 0 Å². The lowest BCUT2D eigenvalue weighted by molar-refractivity contribution is 0.0974. The molecule has 0 spiro atoms. The lowest BCUT2D eigenvalue weighted by Crippen LogP contribution is -2.47. The number of aromatic nitrogens is 1. The summed E-state index contributed by atoms with van der Waals surface area (Å²) in [6.07, 6.45) is 1.83. The fourth-order valence-electron chi connectivity index (χ4n) is 4.16. The number of nitrogens with zero attached hydrogens (tertiary/aromatic N) is 2. The first kappa shape index (κ1) is 25.1. The third kappa shape index (κ3) is 5.02. The van der Waals surface area contributed by atoms with E-state index in [1.165, 1.54) is 4.57 Å². The van der Waals surface area contributed by atoms with Crippen molar-refractivity contribution in [3.63, 3.8) is 0 Å². The molecule has 0 radical (unpaired) electrons. The van der Waals surface area contributed by atoms with Crippen LogP contribution in [0.3, 0.4) is 0 Å². The standard InChI is InChI=1S/C22H24F2N4O5S2/c1-3-14-5-8-19-17(11-14)20(28-10-4-9-25-35(28,32)33)21(22(29)26-34(2,30)31)27(19)13-15-12-16(23)6-7-18(15)24/h5-8,11-12,25H,3-4,9-10,13H2,1-2H3,(H,26,29). The number of hydrogen-bond donors (Lipinski definition) is 2. The SMILES string of the molecule is CCc1ccc2c(c1)c(N1CCCNS1(=O)=O)c(C(=O)NS(C)(=O)=O)n2Cc1cc(F)ccc1F. The second-order valence-electron chi connectivity index (χ2n) is 8.25. The van der Waals surface area contributed by atoms with Crippen LogP contribution in [0.2, 0.25) is 0 Å². The molecule has 0 unspecified atom stereocenters. The zero-order valence-electron chi connectivity index (χ0n) is 19.0. The Morgan fingerprint density at radius 1 is 1.17 bits per heavy atom. The number of benzene rings is 2. The summed E-state index contributed by atoms with van der Waals surface area (Å²) in [5, 5.41) is 0.368. The van der Waals surface area contributed by atoms with Crippen LogP contribution in [0.15, 0.2) is 36.4 Å². The summed E-state index contributed by atoms with van der Waals surface area (Å²) in [6.45, 7) is 1.80. The van der Waals surface area contributed by atoms with Gasteiger partial charge >= 0.3 is 10.2 Å².